The largest absolute Gasteiger partial charge is 0.378 e. The van der Waals surface area contributed by atoms with Gasteiger partial charge in [0.05, 0.1) is 18.2 Å². The topological polar surface area (TPSA) is 29.5 Å². The van der Waals surface area contributed by atoms with Gasteiger partial charge in [-0.3, -0.25) is 4.79 Å². The normalized spacial score (nSPS) is 16.5. The van der Waals surface area contributed by atoms with E-state index >= 15 is 0 Å². The molecule has 0 bridgehead atoms. The molecule has 0 atom stereocenters. The molecule has 19 heavy (non-hydrogen) atoms. The zero-order valence-corrected chi connectivity index (χ0v) is 12.2. The van der Waals surface area contributed by atoms with E-state index in [1.807, 2.05) is 37.4 Å². The first-order valence-electron chi connectivity index (χ1n) is 6.40. The number of hydrogen-bond donors (Lipinski definition) is 0. The Balaban J connectivity index is 2.12. The van der Waals surface area contributed by atoms with Crippen LogP contribution < -0.4 is 0 Å². The number of benzene rings is 1. The second-order valence-electron chi connectivity index (χ2n) is 4.52. The highest BCUT2D eigenvalue weighted by Gasteiger charge is 2.14. The molecule has 0 spiro atoms. The monoisotopic (exact) mass is 277 g/mol. The van der Waals surface area contributed by atoms with Crippen molar-refractivity contribution in [3.05, 3.63) is 46.5 Å². The number of allylic oxidation sites excluding steroid dienone is 1. The van der Waals surface area contributed by atoms with Crippen molar-refractivity contribution in [2.45, 2.75) is 6.92 Å². The van der Waals surface area contributed by atoms with Crippen molar-refractivity contribution < 1.29 is 9.53 Å². The second kappa shape index (κ2) is 6.78. The van der Waals surface area contributed by atoms with Gasteiger partial charge in [0, 0.05) is 24.7 Å². The van der Waals surface area contributed by atoms with Crippen LogP contribution >= 0.6 is 11.8 Å². The fraction of sp³-hybridized carbons (Fsp3) is 0.400. The Morgan fingerprint density at radius 2 is 1.89 bits per heavy atom. The van der Waals surface area contributed by atoms with Crippen LogP contribution in [-0.4, -0.2) is 43.2 Å². The first-order valence-corrected chi connectivity index (χ1v) is 7.62. The van der Waals surface area contributed by atoms with Gasteiger partial charge in [0.15, 0.2) is 5.78 Å². The van der Waals surface area contributed by atoms with Crippen molar-refractivity contribution in [3.8, 4) is 0 Å². The van der Waals surface area contributed by atoms with Crippen LogP contribution in [0.15, 0.2) is 35.4 Å². The lowest BCUT2D eigenvalue weighted by molar-refractivity contribution is 0.0574. The predicted molar refractivity (Wildman–Crippen MR) is 79.5 cm³/mol. The SMILES string of the molecule is CS/C(=C\C(=O)c1ccc(C)cc1)N1CCOCC1. The molecule has 1 aromatic carbocycles. The molecule has 4 heteroatoms. The summed E-state index contributed by atoms with van der Waals surface area (Å²) in [7, 11) is 0. The molecule has 0 saturated carbocycles. The third-order valence-electron chi connectivity index (χ3n) is 3.12. The first-order chi connectivity index (χ1) is 9.20. The van der Waals surface area contributed by atoms with Crippen molar-refractivity contribution >= 4 is 17.5 Å². The molecular formula is C15H19NO2S. The molecule has 1 aromatic rings. The minimum Gasteiger partial charge on any atom is -0.378 e. The zero-order chi connectivity index (χ0) is 13.7. The number of hydrogen-bond acceptors (Lipinski definition) is 4. The molecule has 0 N–H and O–H groups in total. The number of aryl methyl sites for hydroxylation is 1. The van der Waals surface area contributed by atoms with Crippen molar-refractivity contribution in [3.63, 3.8) is 0 Å². The Morgan fingerprint density at radius 1 is 1.26 bits per heavy atom. The lowest BCUT2D eigenvalue weighted by Crippen LogP contribution is -2.35. The minimum atomic E-state index is 0.0656. The maximum absolute atomic E-state index is 12.2. The average molecular weight is 277 g/mol. The lowest BCUT2D eigenvalue weighted by atomic mass is 10.1. The highest BCUT2D eigenvalue weighted by Crippen LogP contribution is 2.19. The standard InChI is InChI=1S/C15H19NO2S/c1-12-3-5-13(6-4-12)14(17)11-15(19-2)16-7-9-18-10-8-16/h3-6,11H,7-10H2,1-2H3/b15-11-. The number of ketones is 1. The van der Waals surface area contributed by atoms with Crippen LogP contribution in [0.5, 0.6) is 0 Å². The average Bonchev–Trinajstić information content (AvgIpc) is 2.46. The molecule has 1 aliphatic rings. The summed E-state index contributed by atoms with van der Waals surface area (Å²) in [4.78, 5) is 14.4. The molecule has 3 nitrogen and oxygen atoms in total. The van der Waals surface area contributed by atoms with E-state index in [2.05, 4.69) is 4.90 Å². The van der Waals surface area contributed by atoms with Crippen molar-refractivity contribution in [1.82, 2.24) is 4.90 Å². The van der Waals surface area contributed by atoms with E-state index in [0.717, 1.165) is 36.9 Å². The summed E-state index contributed by atoms with van der Waals surface area (Å²) in [5.74, 6) is 0.0656. The zero-order valence-electron chi connectivity index (χ0n) is 11.4. The van der Waals surface area contributed by atoms with Gasteiger partial charge in [-0.15, -0.1) is 11.8 Å². The predicted octanol–water partition coefficient (Wildman–Crippen LogP) is 2.71. The molecule has 1 fully saturated rings. The maximum atomic E-state index is 12.2. The molecule has 2 rings (SSSR count). The van der Waals surface area contributed by atoms with Gasteiger partial charge in [-0.05, 0) is 13.2 Å². The van der Waals surface area contributed by atoms with Crippen LogP contribution in [0.1, 0.15) is 15.9 Å². The van der Waals surface area contributed by atoms with Crippen molar-refractivity contribution in [1.29, 1.82) is 0 Å². The van der Waals surface area contributed by atoms with E-state index < -0.39 is 0 Å². The van der Waals surface area contributed by atoms with E-state index in [9.17, 15) is 4.79 Å². The minimum absolute atomic E-state index is 0.0656. The molecule has 0 radical (unpaired) electrons. The van der Waals surface area contributed by atoms with E-state index in [-0.39, 0.29) is 5.78 Å². The van der Waals surface area contributed by atoms with Gasteiger partial charge in [-0.1, -0.05) is 29.8 Å². The first kappa shape index (κ1) is 14.2. The Hall–Kier alpha value is -1.26. The number of carbonyl (C=O) groups is 1. The quantitative estimate of drug-likeness (QED) is 0.625. The fourth-order valence-electron chi connectivity index (χ4n) is 1.98. The summed E-state index contributed by atoms with van der Waals surface area (Å²) < 4.78 is 5.33. The van der Waals surface area contributed by atoms with Crippen LogP contribution in [0, 0.1) is 6.92 Å². The molecular weight excluding hydrogens is 258 g/mol. The number of rotatable bonds is 4. The van der Waals surface area contributed by atoms with E-state index in [4.69, 9.17) is 4.74 Å². The number of nitrogens with zero attached hydrogens (tertiary/aromatic N) is 1. The number of carbonyl (C=O) groups excluding carboxylic acids is 1. The lowest BCUT2D eigenvalue weighted by Gasteiger charge is -2.29. The second-order valence-corrected chi connectivity index (χ2v) is 5.34. The Labute approximate surface area is 118 Å². The molecule has 102 valence electrons. The summed E-state index contributed by atoms with van der Waals surface area (Å²) in [5.41, 5.74) is 1.91. The summed E-state index contributed by atoms with van der Waals surface area (Å²) >= 11 is 1.61. The van der Waals surface area contributed by atoms with Gasteiger partial charge in [-0.25, -0.2) is 0 Å². The van der Waals surface area contributed by atoms with Gasteiger partial charge in [0.1, 0.15) is 0 Å². The Morgan fingerprint density at radius 3 is 2.47 bits per heavy atom. The van der Waals surface area contributed by atoms with Gasteiger partial charge in [-0.2, -0.15) is 0 Å². The number of thioether (sulfide) groups is 1. The molecule has 1 heterocycles. The Kier molecular flexibility index (Phi) is 5.05. The molecule has 0 aliphatic carbocycles. The van der Waals surface area contributed by atoms with E-state index in [1.165, 1.54) is 5.56 Å². The third kappa shape index (κ3) is 3.85. The van der Waals surface area contributed by atoms with Crippen LogP contribution in [0.3, 0.4) is 0 Å². The summed E-state index contributed by atoms with van der Waals surface area (Å²) in [6.45, 7) is 5.19. The summed E-state index contributed by atoms with van der Waals surface area (Å²) in [6.07, 6.45) is 3.74. The van der Waals surface area contributed by atoms with Crippen LogP contribution in [0.25, 0.3) is 0 Å². The molecule has 0 aromatic heterocycles. The maximum Gasteiger partial charge on any atom is 0.188 e. The van der Waals surface area contributed by atoms with Crippen LogP contribution in [0.2, 0.25) is 0 Å². The van der Waals surface area contributed by atoms with Crippen molar-refractivity contribution in [2.24, 2.45) is 0 Å². The highest BCUT2D eigenvalue weighted by atomic mass is 32.2. The molecule has 1 aliphatic heterocycles. The molecule has 0 unspecified atom stereocenters. The van der Waals surface area contributed by atoms with Gasteiger partial charge >= 0.3 is 0 Å². The Bertz CT molecular complexity index is 462. The fourth-order valence-corrected chi connectivity index (χ4v) is 2.64. The highest BCUT2D eigenvalue weighted by molar-refractivity contribution is 8.02. The number of ether oxygens (including phenoxy) is 1. The third-order valence-corrected chi connectivity index (χ3v) is 3.92. The van der Waals surface area contributed by atoms with Crippen LogP contribution in [0.4, 0.5) is 0 Å². The van der Waals surface area contributed by atoms with E-state index in [0.29, 0.717) is 0 Å². The van der Waals surface area contributed by atoms with Gasteiger partial charge in [0.2, 0.25) is 0 Å². The molecule has 0 amide bonds. The van der Waals surface area contributed by atoms with Gasteiger partial charge < -0.3 is 9.64 Å². The number of morpholine rings is 1. The van der Waals surface area contributed by atoms with Crippen molar-refractivity contribution in [2.75, 3.05) is 32.6 Å². The summed E-state index contributed by atoms with van der Waals surface area (Å²) in [6, 6.07) is 7.69. The van der Waals surface area contributed by atoms with E-state index in [1.54, 1.807) is 17.8 Å². The molecule has 1 saturated heterocycles. The smallest absolute Gasteiger partial charge is 0.188 e. The summed E-state index contributed by atoms with van der Waals surface area (Å²) in [5, 5.41) is 1.02. The van der Waals surface area contributed by atoms with Gasteiger partial charge in [0.25, 0.3) is 0 Å². The van der Waals surface area contributed by atoms with Crippen LogP contribution in [-0.2, 0) is 4.74 Å².